The smallest absolute Gasteiger partial charge is 0.132 e. The van der Waals surface area contributed by atoms with Gasteiger partial charge in [-0.15, -0.1) is 11.3 Å². The molecule has 182 valence electrons. The van der Waals surface area contributed by atoms with Crippen LogP contribution in [-0.2, 0) is 6.61 Å². The van der Waals surface area contributed by atoms with E-state index in [9.17, 15) is 0 Å². The summed E-state index contributed by atoms with van der Waals surface area (Å²) >= 11 is 7.76. The van der Waals surface area contributed by atoms with Crippen molar-refractivity contribution in [2.45, 2.75) is 51.2 Å². The Hall–Kier alpha value is -3.15. The highest BCUT2D eigenvalue weighted by Gasteiger charge is 2.29. The van der Waals surface area contributed by atoms with Crippen molar-refractivity contribution in [1.29, 1.82) is 0 Å². The van der Waals surface area contributed by atoms with Crippen molar-refractivity contribution in [3.63, 3.8) is 0 Å². The largest absolute Gasteiger partial charge is 0.487 e. The molecule has 1 fully saturated rings. The zero-order valence-electron chi connectivity index (χ0n) is 20.2. The second-order valence-corrected chi connectivity index (χ2v) is 11.1. The van der Waals surface area contributed by atoms with E-state index in [0.717, 1.165) is 37.4 Å². The van der Waals surface area contributed by atoms with Gasteiger partial charge in [-0.05, 0) is 67.3 Å². The second kappa shape index (κ2) is 10.1. The fourth-order valence-electron chi connectivity index (χ4n) is 5.43. The van der Waals surface area contributed by atoms with Gasteiger partial charge >= 0.3 is 0 Å². The zero-order chi connectivity index (χ0) is 24.5. The van der Waals surface area contributed by atoms with Gasteiger partial charge in [-0.2, -0.15) is 0 Å². The average Bonchev–Trinajstić information content (AvgIpc) is 3.51. The minimum atomic E-state index is 0.429. The van der Waals surface area contributed by atoms with E-state index in [-0.39, 0.29) is 0 Å². The second-order valence-electron chi connectivity index (χ2n) is 9.47. The van der Waals surface area contributed by atoms with Crippen molar-refractivity contribution in [3.8, 4) is 16.2 Å². The zero-order valence-corrected chi connectivity index (χ0v) is 21.8. The summed E-state index contributed by atoms with van der Waals surface area (Å²) in [6, 6.07) is 25.5. The highest BCUT2D eigenvalue weighted by atomic mass is 35.5. The van der Waals surface area contributed by atoms with E-state index in [0.29, 0.717) is 18.6 Å². The lowest BCUT2D eigenvalue weighted by Gasteiger charge is -2.33. The molecule has 1 aliphatic rings. The lowest BCUT2D eigenvalue weighted by molar-refractivity contribution is 0.300. The fraction of sp³-hybridized carbons (Fsp3) is 0.267. The number of aromatic nitrogens is 3. The molecular weight excluding hydrogens is 486 g/mol. The third-order valence-corrected chi connectivity index (χ3v) is 8.48. The minimum absolute atomic E-state index is 0.429. The SMILES string of the molecule is Cc1nc(COc2ccc(C3CCCCC3n3cnc4ccccc43)cc2)c(-c2ccc(Cl)cc2)s1. The summed E-state index contributed by atoms with van der Waals surface area (Å²) in [6.07, 6.45) is 6.93. The predicted molar refractivity (Wildman–Crippen MR) is 148 cm³/mol. The highest BCUT2D eigenvalue weighted by Crippen LogP contribution is 2.42. The third-order valence-electron chi connectivity index (χ3n) is 7.16. The van der Waals surface area contributed by atoms with Crippen LogP contribution in [0.3, 0.4) is 0 Å². The summed E-state index contributed by atoms with van der Waals surface area (Å²) < 4.78 is 8.59. The number of rotatable bonds is 6. The van der Waals surface area contributed by atoms with E-state index in [1.165, 1.54) is 36.8 Å². The molecule has 2 atom stereocenters. The number of ether oxygens (including phenoxy) is 1. The minimum Gasteiger partial charge on any atom is -0.487 e. The number of thiazole rings is 1. The first-order chi connectivity index (χ1) is 17.7. The molecular formula is C30H28ClN3OS. The lowest BCUT2D eigenvalue weighted by atomic mass is 9.79. The van der Waals surface area contributed by atoms with Gasteiger partial charge in [0.25, 0.3) is 0 Å². The molecule has 6 rings (SSSR count). The monoisotopic (exact) mass is 513 g/mol. The molecule has 0 saturated heterocycles. The van der Waals surface area contributed by atoms with Crippen molar-refractivity contribution in [2.75, 3.05) is 0 Å². The molecule has 0 aliphatic heterocycles. The van der Waals surface area contributed by atoms with Crippen LogP contribution < -0.4 is 4.74 Å². The van der Waals surface area contributed by atoms with Crippen LogP contribution >= 0.6 is 22.9 Å². The molecule has 0 N–H and O–H groups in total. The summed E-state index contributed by atoms with van der Waals surface area (Å²) in [4.78, 5) is 10.5. The Morgan fingerprint density at radius 2 is 1.75 bits per heavy atom. The van der Waals surface area contributed by atoms with Crippen LogP contribution in [0, 0.1) is 6.92 Å². The quantitative estimate of drug-likeness (QED) is 0.228. The van der Waals surface area contributed by atoms with Crippen molar-refractivity contribution < 1.29 is 4.74 Å². The number of nitrogens with zero attached hydrogens (tertiary/aromatic N) is 3. The Balaban J connectivity index is 1.19. The van der Waals surface area contributed by atoms with Crippen molar-refractivity contribution in [1.82, 2.24) is 14.5 Å². The Bertz CT molecular complexity index is 1470. The Labute approximate surface area is 220 Å². The molecule has 4 nitrogen and oxygen atoms in total. The van der Waals surface area contributed by atoms with Crippen LogP contribution in [0.25, 0.3) is 21.5 Å². The van der Waals surface area contributed by atoms with E-state index >= 15 is 0 Å². The molecule has 5 aromatic rings. The molecule has 0 radical (unpaired) electrons. The first-order valence-electron chi connectivity index (χ1n) is 12.5. The Morgan fingerprint density at radius 3 is 2.58 bits per heavy atom. The van der Waals surface area contributed by atoms with E-state index in [4.69, 9.17) is 21.3 Å². The number of imidazole rings is 1. The third kappa shape index (κ3) is 4.65. The summed E-state index contributed by atoms with van der Waals surface area (Å²) in [7, 11) is 0. The van der Waals surface area contributed by atoms with Gasteiger partial charge in [0.2, 0.25) is 0 Å². The van der Waals surface area contributed by atoms with Crippen molar-refractivity contribution >= 4 is 34.0 Å². The molecule has 36 heavy (non-hydrogen) atoms. The van der Waals surface area contributed by atoms with Gasteiger partial charge in [-0.3, -0.25) is 0 Å². The van der Waals surface area contributed by atoms with Crippen molar-refractivity contribution in [2.24, 2.45) is 0 Å². The van der Waals surface area contributed by atoms with Crippen LogP contribution in [0.15, 0.2) is 79.1 Å². The van der Waals surface area contributed by atoms with Crippen LogP contribution in [0.2, 0.25) is 5.02 Å². The van der Waals surface area contributed by atoms with Gasteiger partial charge in [0.1, 0.15) is 12.4 Å². The number of para-hydroxylation sites is 2. The van der Waals surface area contributed by atoms with Gasteiger partial charge in [-0.25, -0.2) is 9.97 Å². The maximum Gasteiger partial charge on any atom is 0.132 e. The summed E-state index contributed by atoms with van der Waals surface area (Å²) in [5, 5.41) is 1.77. The van der Waals surface area contributed by atoms with Crippen LogP contribution in [-0.4, -0.2) is 14.5 Å². The van der Waals surface area contributed by atoms with Gasteiger partial charge in [0, 0.05) is 17.0 Å². The molecule has 0 spiro atoms. The Morgan fingerprint density at radius 1 is 0.972 bits per heavy atom. The van der Waals surface area contributed by atoms with Gasteiger partial charge in [-0.1, -0.05) is 60.8 Å². The molecule has 2 unspecified atom stereocenters. The summed E-state index contributed by atoms with van der Waals surface area (Å²) in [5.41, 5.74) is 5.75. The molecule has 1 aliphatic carbocycles. The molecule has 2 aromatic heterocycles. The van der Waals surface area contributed by atoms with Crippen LogP contribution in [0.4, 0.5) is 0 Å². The fourth-order valence-corrected chi connectivity index (χ4v) is 6.49. The first-order valence-corrected chi connectivity index (χ1v) is 13.7. The maximum atomic E-state index is 6.19. The molecule has 3 aromatic carbocycles. The lowest BCUT2D eigenvalue weighted by Crippen LogP contribution is -2.21. The standard InChI is InChI=1S/C30H28ClN3OS/c1-20-33-27(30(36-20)22-10-14-23(31)15-11-22)18-35-24-16-12-21(13-17-24)25-6-2-4-8-28(25)34-19-32-26-7-3-5-9-29(26)34/h3,5,7,9-17,19,25,28H,2,4,6,8,18H2,1H3. The highest BCUT2D eigenvalue weighted by molar-refractivity contribution is 7.15. The number of aryl methyl sites for hydroxylation is 1. The molecule has 0 amide bonds. The average molecular weight is 514 g/mol. The van der Waals surface area contributed by atoms with Crippen LogP contribution in [0.5, 0.6) is 5.75 Å². The van der Waals surface area contributed by atoms with Crippen LogP contribution in [0.1, 0.15) is 53.9 Å². The molecule has 1 saturated carbocycles. The van der Waals surface area contributed by atoms with Gasteiger partial charge in [0.05, 0.1) is 32.9 Å². The summed E-state index contributed by atoms with van der Waals surface area (Å²) in [6.45, 7) is 2.47. The number of hydrogen-bond acceptors (Lipinski definition) is 4. The van der Waals surface area contributed by atoms with Gasteiger partial charge < -0.3 is 9.30 Å². The number of benzene rings is 3. The maximum absolute atomic E-state index is 6.19. The normalized spacial score (nSPS) is 17.9. The number of hydrogen-bond donors (Lipinski definition) is 0. The van der Waals surface area contributed by atoms with E-state index in [1.54, 1.807) is 11.3 Å². The predicted octanol–water partition coefficient (Wildman–Crippen LogP) is 8.60. The number of fused-ring (bicyclic) bond motifs is 1. The van der Waals surface area contributed by atoms with E-state index in [1.807, 2.05) is 37.5 Å². The summed E-state index contributed by atoms with van der Waals surface area (Å²) in [5.74, 6) is 1.34. The Kier molecular flexibility index (Phi) is 6.51. The van der Waals surface area contributed by atoms with Gasteiger partial charge in [0.15, 0.2) is 0 Å². The number of halogens is 1. The topological polar surface area (TPSA) is 39.9 Å². The first kappa shape index (κ1) is 23.3. The molecule has 2 heterocycles. The molecule has 6 heteroatoms. The molecule has 0 bridgehead atoms. The van der Waals surface area contributed by atoms with Crippen molar-refractivity contribution in [3.05, 3.63) is 100 Å². The van der Waals surface area contributed by atoms with E-state index in [2.05, 4.69) is 58.1 Å². The van der Waals surface area contributed by atoms with E-state index < -0.39 is 0 Å².